The molecule has 0 radical (unpaired) electrons. The van der Waals surface area contributed by atoms with E-state index in [9.17, 15) is 4.79 Å². The third kappa shape index (κ3) is 4.46. The van der Waals surface area contributed by atoms with Crippen LogP contribution in [0.2, 0.25) is 0 Å². The average Bonchev–Trinajstić information content (AvgIpc) is 3.24. The van der Waals surface area contributed by atoms with E-state index in [0.717, 1.165) is 0 Å². The highest BCUT2D eigenvalue weighted by molar-refractivity contribution is 5.95. The predicted octanol–water partition coefficient (Wildman–Crippen LogP) is 3.20. The third-order valence-corrected chi connectivity index (χ3v) is 5.23. The second kappa shape index (κ2) is 9.49. The smallest absolute Gasteiger partial charge is 0.348 e. The average molecular weight is 462 g/mol. The summed E-state index contributed by atoms with van der Waals surface area (Å²) in [5.74, 6) is 0.0975. The van der Waals surface area contributed by atoms with Crippen LogP contribution in [0.5, 0.6) is 11.5 Å². The minimum Gasteiger partial charge on any atom is -0.493 e. The molecule has 34 heavy (non-hydrogen) atoms. The van der Waals surface area contributed by atoms with Crippen molar-refractivity contribution in [3.63, 3.8) is 0 Å². The van der Waals surface area contributed by atoms with E-state index < -0.39 is 17.5 Å². The van der Waals surface area contributed by atoms with Crippen LogP contribution in [0.25, 0.3) is 5.69 Å². The quantitative estimate of drug-likeness (QED) is 0.235. The van der Waals surface area contributed by atoms with E-state index in [4.69, 9.17) is 20.6 Å². The highest BCUT2D eigenvalue weighted by atomic mass is 19.1. The molecule has 0 bridgehead atoms. The summed E-state index contributed by atoms with van der Waals surface area (Å²) in [4.78, 5) is 15.4. The second-order valence-corrected chi connectivity index (χ2v) is 7.36. The van der Waals surface area contributed by atoms with Crippen molar-refractivity contribution in [3.05, 3.63) is 100.0 Å². The Hall–Kier alpha value is -4.60. The van der Waals surface area contributed by atoms with Crippen LogP contribution in [0.3, 0.4) is 0 Å². The van der Waals surface area contributed by atoms with Crippen LogP contribution in [0.4, 0.5) is 10.1 Å². The van der Waals surface area contributed by atoms with Crippen molar-refractivity contribution in [2.24, 2.45) is 5.73 Å². The molecule has 10 heteroatoms. The molecular weight excluding hydrogens is 439 g/mol. The maximum atomic E-state index is 15.2. The molecule has 1 aromatic heterocycles. The van der Waals surface area contributed by atoms with Crippen molar-refractivity contribution in [2.75, 3.05) is 19.5 Å². The first-order valence-electron chi connectivity index (χ1n) is 10.3. The van der Waals surface area contributed by atoms with Gasteiger partial charge in [-0.1, -0.05) is 18.2 Å². The number of benzene rings is 3. The lowest BCUT2D eigenvalue weighted by Crippen LogP contribution is -2.17. The number of para-hydroxylation sites is 1. The number of methoxy groups -OCH3 is 2. The fourth-order valence-electron chi connectivity index (χ4n) is 3.51. The molecule has 174 valence electrons. The van der Waals surface area contributed by atoms with Crippen molar-refractivity contribution >= 4 is 11.5 Å². The van der Waals surface area contributed by atoms with E-state index in [0.29, 0.717) is 22.7 Å². The highest BCUT2D eigenvalue weighted by Crippen LogP contribution is 2.35. The van der Waals surface area contributed by atoms with Crippen molar-refractivity contribution in [2.45, 2.75) is 6.04 Å². The van der Waals surface area contributed by atoms with Crippen molar-refractivity contribution < 1.29 is 13.9 Å². The number of aromatic nitrogens is 3. The Labute approximate surface area is 194 Å². The standard InChI is InChI=1S/C24H23FN6O3/c1-33-19-12-17(18(25)13-20(19)34-2)21(28-15-10-8-14(9-11-15)22(26)27)23-29-24(32)31(30-23)16-6-4-3-5-7-16/h3-13,21,28H,1-2H3,(H3,26,27)(H,29,30,32). The number of ether oxygens (including phenoxy) is 2. The normalized spacial score (nSPS) is 11.6. The van der Waals surface area contributed by atoms with Gasteiger partial charge in [-0.15, -0.1) is 5.10 Å². The van der Waals surface area contributed by atoms with Crippen LogP contribution in [0, 0.1) is 11.2 Å². The molecule has 4 aromatic rings. The first-order valence-corrected chi connectivity index (χ1v) is 10.3. The van der Waals surface area contributed by atoms with E-state index >= 15 is 4.39 Å². The number of anilines is 1. The molecule has 0 aliphatic heterocycles. The summed E-state index contributed by atoms with van der Waals surface area (Å²) >= 11 is 0. The maximum Gasteiger partial charge on any atom is 0.348 e. The third-order valence-electron chi connectivity index (χ3n) is 5.23. The van der Waals surface area contributed by atoms with Gasteiger partial charge in [-0.05, 0) is 42.5 Å². The van der Waals surface area contributed by atoms with Gasteiger partial charge in [0, 0.05) is 22.9 Å². The lowest BCUT2D eigenvalue weighted by atomic mass is 10.0. The molecule has 9 nitrogen and oxygen atoms in total. The minimum absolute atomic E-state index is 0.0695. The molecule has 0 amide bonds. The molecule has 4 rings (SSSR count). The minimum atomic E-state index is -0.888. The molecule has 0 aliphatic rings. The summed E-state index contributed by atoms with van der Waals surface area (Å²) in [6.45, 7) is 0. The van der Waals surface area contributed by atoms with E-state index in [-0.39, 0.29) is 23.0 Å². The number of halogens is 1. The molecule has 1 unspecified atom stereocenters. The molecule has 3 aromatic carbocycles. The Morgan fingerprint density at radius 2 is 1.74 bits per heavy atom. The zero-order valence-electron chi connectivity index (χ0n) is 18.5. The summed E-state index contributed by atoms with van der Waals surface area (Å²) in [5.41, 5.74) is 6.95. The van der Waals surface area contributed by atoms with Gasteiger partial charge in [0.1, 0.15) is 17.7 Å². The lowest BCUT2D eigenvalue weighted by Gasteiger charge is -2.20. The SMILES string of the molecule is COc1cc(F)c(C(Nc2ccc(C(=N)N)cc2)c2nn(-c3ccccc3)c(=O)[nH]2)cc1OC. The van der Waals surface area contributed by atoms with Crippen LogP contribution in [-0.2, 0) is 0 Å². The highest BCUT2D eigenvalue weighted by Gasteiger charge is 2.25. The Balaban J connectivity index is 1.82. The molecule has 1 heterocycles. The Morgan fingerprint density at radius 1 is 1.09 bits per heavy atom. The molecule has 0 fully saturated rings. The number of hydrogen-bond donors (Lipinski definition) is 4. The van der Waals surface area contributed by atoms with Crippen LogP contribution in [0.1, 0.15) is 23.0 Å². The van der Waals surface area contributed by atoms with E-state index in [1.165, 1.54) is 31.0 Å². The number of aromatic amines is 1. The largest absolute Gasteiger partial charge is 0.493 e. The summed E-state index contributed by atoms with van der Waals surface area (Å²) in [5, 5.41) is 15.2. The number of hydrogen-bond acceptors (Lipinski definition) is 6. The van der Waals surface area contributed by atoms with E-state index in [1.807, 2.05) is 6.07 Å². The molecular formula is C24H23FN6O3. The van der Waals surface area contributed by atoms with Gasteiger partial charge < -0.3 is 20.5 Å². The number of nitrogen functional groups attached to an aromatic ring is 1. The van der Waals surface area contributed by atoms with Crippen LogP contribution >= 0.6 is 0 Å². The van der Waals surface area contributed by atoms with E-state index in [1.54, 1.807) is 48.5 Å². The predicted molar refractivity (Wildman–Crippen MR) is 127 cm³/mol. The van der Waals surface area contributed by atoms with Gasteiger partial charge in [-0.25, -0.2) is 9.18 Å². The first kappa shape index (κ1) is 22.6. The van der Waals surface area contributed by atoms with Gasteiger partial charge in [0.05, 0.1) is 19.9 Å². The van der Waals surface area contributed by atoms with Gasteiger partial charge in [-0.2, -0.15) is 4.68 Å². The van der Waals surface area contributed by atoms with Gasteiger partial charge in [0.15, 0.2) is 17.3 Å². The molecule has 0 aliphatic carbocycles. The summed E-state index contributed by atoms with van der Waals surface area (Å²) in [6.07, 6.45) is 0. The molecule has 5 N–H and O–H groups in total. The first-order chi connectivity index (χ1) is 16.4. The number of nitrogens with zero attached hydrogens (tertiary/aromatic N) is 2. The molecule has 0 saturated carbocycles. The van der Waals surface area contributed by atoms with Gasteiger partial charge >= 0.3 is 5.69 Å². The van der Waals surface area contributed by atoms with Gasteiger partial charge in [0.2, 0.25) is 0 Å². The Bertz CT molecular complexity index is 1370. The number of amidine groups is 1. The molecule has 1 atom stereocenters. The van der Waals surface area contributed by atoms with Gasteiger partial charge in [-0.3, -0.25) is 10.4 Å². The lowest BCUT2D eigenvalue weighted by molar-refractivity contribution is 0.351. The monoisotopic (exact) mass is 462 g/mol. The zero-order chi connectivity index (χ0) is 24.2. The summed E-state index contributed by atoms with van der Waals surface area (Å²) in [7, 11) is 2.87. The Kier molecular flexibility index (Phi) is 6.30. The molecule has 0 saturated heterocycles. The van der Waals surface area contributed by atoms with Crippen LogP contribution in [0.15, 0.2) is 71.5 Å². The van der Waals surface area contributed by atoms with Crippen LogP contribution < -0.4 is 26.2 Å². The summed E-state index contributed by atoms with van der Waals surface area (Å²) < 4.78 is 27.0. The fraction of sp³-hybridized carbons (Fsp3) is 0.125. The van der Waals surface area contributed by atoms with Crippen LogP contribution in [-0.4, -0.2) is 34.8 Å². The van der Waals surface area contributed by atoms with E-state index in [2.05, 4.69) is 15.4 Å². The zero-order valence-corrected chi connectivity index (χ0v) is 18.5. The fourth-order valence-corrected chi connectivity index (χ4v) is 3.51. The second-order valence-electron chi connectivity index (χ2n) is 7.36. The number of H-pyrrole nitrogens is 1. The maximum absolute atomic E-state index is 15.2. The van der Waals surface area contributed by atoms with Crippen molar-refractivity contribution in [3.8, 4) is 17.2 Å². The Morgan fingerprint density at radius 3 is 2.35 bits per heavy atom. The topological polar surface area (TPSA) is 131 Å². The number of nitrogens with one attached hydrogen (secondary N) is 3. The van der Waals surface area contributed by atoms with Crippen molar-refractivity contribution in [1.29, 1.82) is 5.41 Å². The van der Waals surface area contributed by atoms with Crippen molar-refractivity contribution in [1.82, 2.24) is 14.8 Å². The number of rotatable bonds is 8. The van der Waals surface area contributed by atoms with Gasteiger partial charge in [0.25, 0.3) is 0 Å². The number of nitrogens with two attached hydrogens (primary N) is 1. The summed E-state index contributed by atoms with van der Waals surface area (Å²) in [6, 6.07) is 17.4. The molecule has 0 spiro atoms.